The van der Waals surface area contributed by atoms with Crippen LogP contribution in [0, 0.1) is 17.7 Å². The molecule has 1 fully saturated rings. The fraction of sp³-hybridized carbons (Fsp3) is 0.444. The molecule has 1 heterocycles. The molecule has 21 heavy (non-hydrogen) atoms. The van der Waals surface area contributed by atoms with Crippen molar-refractivity contribution in [2.75, 3.05) is 20.6 Å². The van der Waals surface area contributed by atoms with Gasteiger partial charge >= 0.3 is 0 Å². The first-order valence-electron chi connectivity index (χ1n) is 7.68. The lowest BCUT2D eigenvalue weighted by Gasteiger charge is -2.22. The highest BCUT2D eigenvalue weighted by molar-refractivity contribution is 7.17. The second-order valence-corrected chi connectivity index (χ2v) is 7.58. The van der Waals surface area contributed by atoms with Crippen molar-refractivity contribution < 1.29 is 4.39 Å². The predicted molar refractivity (Wildman–Crippen MR) is 88.1 cm³/mol. The molecular formula is C18H20FNS. The van der Waals surface area contributed by atoms with Crippen LogP contribution in [0.25, 0.3) is 15.7 Å². The van der Waals surface area contributed by atoms with Crippen LogP contribution >= 0.6 is 11.3 Å². The molecule has 2 bridgehead atoms. The van der Waals surface area contributed by atoms with Gasteiger partial charge in [-0.2, -0.15) is 0 Å². The Morgan fingerprint density at radius 1 is 1.24 bits per heavy atom. The minimum atomic E-state index is -0.133. The zero-order chi connectivity index (χ0) is 14.6. The van der Waals surface area contributed by atoms with Gasteiger partial charge in [-0.05, 0) is 79.4 Å². The van der Waals surface area contributed by atoms with Gasteiger partial charge in [-0.25, -0.2) is 4.39 Å². The van der Waals surface area contributed by atoms with Crippen molar-refractivity contribution in [1.29, 1.82) is 0 Å². The van der Waals surface area contributed by atoms with E-state index in [0.29, 0.717) is 0 Å². The first kappa shape index (κ1) is 13.5. The smallest absolute Gasteiger partial charge is 0.124 e. The van der Waals surface area contributed by atoms with Crippen LogP contribution in [-0.2, 0) is 0 Å². The third-order valence-electron chi connectivity index (χ3n) is 4.99. The second-order valence-electron chi connectivity index (χ2n) is 6.67. The number of likely N-dealkylation sites (N-methyl/N-ethyl adjacent to an activating group) is 1. The zero-order valence-electron chi connectivity index (χ0n) is 12.5. The average Bonchev–Trinajstić information content (AvgIpc) is 3.11. The Hall–Kier alpha value is -1.19. The fourth-order valence-electron chi connectivity index (χ4n) is 4.20. The van der Waals surface area contributed by atoms with Crippen molar-refractivity contribution in [2.45, 2.75) is 19.3 Å². The second kappa shape index (κ2) is 4.92. The quantitative estimate of drug-likeness (QED) is 0.788. The molecule has 4 rings (SSSR count). The van der Waals surface area contributed by atoms with Gasteiger partial charge in [-0.3, -0.25) is 0 Å². The van der Waals surface area contributed by atoms with Gasteiger partial charge in [0.05, 0.1) is 0 Å². The molecule has 1 aromatic carbocycles. The van der Waals surface area contributed by atoms with E-state index in [1.54, 1.807) is 34.6 Å². The van der Waals surface area contributed by atoms with Crippen LogP contribution in [0.15, 0.2) is 29.2 Å². The summed E-state index contributed by atoms with van der Waals surface area (Å²) in [5, 5.41) is 3.48. The van der Waals surface area contributed by atoms with E-state index in [0.717, 1.165) is 23.1 Å². The Morgan fingerprint density at radius 2 is 2.05 bits per heavy atom. The van der Waals surface area contributed by atoms with E-state index in [9.17, 15) is 4.39 Å². The van der Waals surface area contributed by atoms with Crippen LogP contribution < -0.4 is 0 Å². The van der Waals surface area contributed by atoms with Crippen molar-refractivity contribution in [3.05, 3.63) is 40.5 Å². The van der Waals surface area contributed by atoms with E-state index in [2.05, 4.69) is 24.4 Å². The standard InChI is InChI=1S/C18H20FNS/c1-20(2)9-15-11-3-4-12(7-11)18(15)16-10-21-17-8-13(19)5-6-14(16)17/h5-6,8,10-12H,3-4,7,9H2,1-2H3. The predicted octanol–water partition coefficient (Wildman–Crippen LogP) is 4.79. The van der Waals surface area contributed by atoms with Crippen LogP contribution in [0.2, 0.25) is 0 Å². The Morgan fingerprint density at radius 3 is 2.86 bits per heavy atom. The average molecular weight is 301 g/mol. The molecule has 0 N–H and O–H groups in total. The number of fused-ring (bicyclic) bond motifs is 3. The van der Waals surface area contributed by atoms with E-state index in [-0.39, 0.29) is 5.82 Å². The normalized spacial score (nSPS) is 24.8. The maximum atomic E-state index is 13.4. The van der Waals surface area contributed by atoms with Crippen LogP contribution in [0.3, 0.4) is 0 Å². The Labute approximate surface area is 129 Å². The van der Waals surface area contributed by atoms with Gasteiger partial charge < -0.3 is 4.90 Å². The van der Waals surface area contributed by atoms with E-state index >= 15 is 0 Å². The molecule has 0 spiro atoms. The summed E-state index contributed by atoms with van der Waals surface area (Å²) >= 11 is 1.68. The molecule has 3 heteroatoms. The Balaban J connectivity index is 1.87. The molecule has 2 aliphatic rings. The van der Waals surface area contributed by atoms with Gasteiger partial charge in [0.2, 0.25) is 0 Å². The first-order chi connectivity index (χ1) is 10.1. The monoisotopic (exact) mass is 301 g/mol. The number of allylic oxidation sites excluding steroid dienone is 1. The van der Waals surface area contributed by atoms with Crippen molar-refractivity contribution in [2.24, 2.45) is 11.8 Å². The van der Waals surface area contributed by atoms with Gasteiger partial charge in [0, 0.05) is 16.6 Å². The summed E-state index contributed by atoms with van der Waals surface area (Å²) in [6.07, 6.45) is 4.01. The number of halogens is 1. The molecule has 2 aromatic rings. The number of nitrogens with zero attached hydrogens (tertiary/aromatic N) is 1. The molecule has 1 saturated carbocycles. The van der Waals surface area contributed by atoms with Gasteiger partial charge in [0.25, 0.3) is 0 Å². The maximum absolute atomic E-state index is 13.4. The van der Waals surface area contributed by atoms with Crippen molar-refractivity contribution >= 4 is 27.0 Å². The molecule has 0 radical (unpaired) electrons. The Bertz CT molecular complexity index is 728. The molecule has 1 nitrogen and oxygen atoms in total. The minimum absolute atomic E-state index is 0.133. The van der Waals surface area contributed by atoms with E-state index in [1.165, 1.54) is 30.2 Å². The highest BCUT2D eigenvalue weighted by atomic mass is 32.1. The highest BCUT2D eigenvalue weighted by Crippen LogP contribution is 2.54. The number of hydrogen-bond acceptors (Lipinski definition) is 2. The summed E-state index contributed by atoms with van der Waals surface area (Å²) < 4.78 is 14.5. The van der Waals surface area contributed by atoms with E-state index in [1.807, 2.05) is 6.07 Å². The van der Waals surface area contributed by atoms with Crippen molar-refractivity contribution in [1.82, 2.24) is 4.90 Å². The minimum Gasteiger partial charge on any atom is -0.305 e. The molecule has 0 amide bonds. The summed E-state index contributed by atoms with van der Waals surface area (Å²) in [5.74, 6) is 1.38. The zero-order valence-corrected chi connectivity index (χ0v) is 13.3. The van der Waals surface area contributed by atoms with Crippen LogP contribution in [0.5, 0.6) is 0 Å². The molecule has 0 saturated heterocycles. The summed E-state index contributed by atoms with van der Waals surface area (Å²) in [6.45, 7) is 1.06. The van der Waals surface area contributed by atoms with Crippen LogP contribution in [0.4, 0.5) is 4.39 Å². The van der Waals surface area contributed by atoms with Crippen LogP contribution in [-0.4, -0.2) is 25.5 Å². The third-order valence-corrected chi connectivity index (χ3v) is 5.94. The molecule has 0 aliphatic heterocycles. The lowest BCUT2D eigenvalue weighted by Crippen LogP contribution is -2.19. The molecule has 2 atom stereocenters. The lowest BCUT2D eigenvalue weighted by atomic mass is 9.87. The Kier molecular flexibility index (Phi) is 3.16. The molecule has 2 unspecified atom stereocenters. The summed E-state index contributed by atoms with van der Waals surface area (Å²) in [6, 6.07) is 5.23. The first-order valence-corrected chi connectivity index (χ1v) is 8.56. The van der Waals surface area contributed by atoms with Gasteiger partial charge in [-0.15, -0.1) is 11.3 Å². The number of thiophene rings is 1. The molecule has 110 valence electrons. The van der Waals surface area contributed by atoms with Gasteiger partial charge in [0.15, 0.2) is 0 Å². The number of rotatable bonds is 3. The summed E-state index contributed by atoms with van der Waals surface area (Å²) in [5.41, 5.74) is 4.59. The van der Waals surface area contributed by atoms with Gasteiger partial charge in [-0.1, -0.05) is 6.07 Å². The van der Waals surface area contributed by atoms with Gasteiger partial charge in [0.1, 0.15) is 5.82 Å². The summed E-state index contributed by atoms with van der Waals surface area (Å²) in [4.78, 5) is 2.28. The summed E-state index contributed by atoms with van der Waals surface area (Å²) in [7, 11) is 4.30. The SMILES string of the molecule is CN(C)CC1=C(c2csc3cc(F)ccc23)C2CCC1C2. The number of hydrogen-bond donors (Lipinski definition) is 0. The van der Waals surface area contributed by atoms with Crippen molar-refractivity contribution in [3.8, 4) is 0 Å². The maximum Gasteiger partial charge on any atom is 0.124 e. The highest BCUT2D eigenvalue weighted by Gasteiger charge is 2.39. The number of benzene rings is 1. The lowest BCUT2D eigenvalue weighted by molar-refractivity contribution is 0.423. The molecule has 1 aromatic heterocycles. The topological polar surface area (TPSA) is 3.24 Å². The fourth-order valence-corrected chi connectivity index (χ4v) is 5.19. The third kappa shape index (κ3) is 2.14. The van der Waals surface area contributed by atoms with E-state index < -0.39 is 0 Å². The van der Waals surface area contributed by atoms with E-state index in [4.69, 9.17) is 0 Å². The molecular weight excluding hydrogens is 281 g/mol. The van der Waals surface area contributed by atoms with Crippen molar-refractivity contribution in [3.63, 3.8) is 0 Å². The largest absolute Gasteiger partial charge is 0.305 e. The molecule has 2 aliphatic carbocycles. The van der Waals surface area contributed by atoms with Crippen LogP contribution in [0.1, 0.15) is 24.8 Å².